The second-order valence-electron chi connectivity index (χ2n) is 20.9. The molecule has 0 radical (unpaired) electrons. The Morgan fingerprint density at radius 2 is 0.444 bits per heavy atom. The van der Waals surface area contributed by atoms with Crippen molar-refractivity contribution >= 4 is 17.9 Å². The van der Waals surface area contributed by atoms with Crippen molar-refractivity contribution in [3.05, 3.63) is 170 Å². The van der Waals surface area contributed by atoms with Crippen molar-refractivity contribution in [1.29, 1.82) is 0 Å². The van der Waals surface area contributed by atoms with E-state index in [1.165, 1.54) is 57.8 Å². The summed E-state index contributed by atoms with van der Waals surface area (Å²) in [7, 11) is 0. The van der Waals surface area contributed by atoms with Gasteiger partial charge in [0, 0.05) is 19.3 Å². The van der Waals surface area contributed by atoms with Crippen LogP contribution in [0.1, 0.15) is 265 Å². The summed E-state index contributed by atoms with van der Waals surface area (Å²) in [4.78, 5) is 38.4. The molecule has 0 aliphatic carbocycles. The minimum absolute atomic E-state index is 0.107. The Morgan fingerprint density at radius 1 is 0.247 bits per heavy atom. The summed E-state index contributed by atoms with van der Waals surface area (Å²) in [5, 5.41) is 0. The number of ether oxygens (including phenoxy) is 3. The van der Waals surface area contributed by atoms with Gasteiger partial charge in [-0.2, -0.15) is 0 Å². The zero-order chi connectivity index (χ0) is 58.5. The minimum atomic E-state index is -0.814. The van der Waals surface area contributed by atoms with Crippen molar-refractivity contribution in [3.63, 3.8) is 0 Å². The summed E-state index contributed by atoms with van der Waals surface area (Å²) in [6, 6.07) is 0. The molecular weight excluding hydrogens is 997 g/mol. The maximum Gasteiger partial charge on any atom is 0.306 e. The molecule has 1 atom stereocenters. The van der Waals surface area contributed by atoms with Gasteiger partial charge in [0.05, 0.1) is 0 Å². The quantitative estimate of drug-likeness (QED) is 0.0261. The molecule has 0 aliphatic heterocycles. The summed E-state index contributed by atoms with van der Waals surface area (Å²) in [5.41, 5.74) is 0. The fraction of sp³-hybridized carbons (Fsp3) is 0.587. The molecule has 0 heterocycles. The standard InChI is InChI=1S/C75H118O6/c1-4-7-10-13-16-19-22-25-28-31-33-34-35-36-37-38-39-40-42-44-47-50-53-56-59-62-65-68-74(77)80-71-72(70-79-73(76)67-64-61-58-55-52-49-46-43-30-27-24-21-18-15-12-9-6-3)81-75(78)69-66-63-60-57-54-51-48-45-41-32-29-26-23-20-17-14-11-8-5-2/h7-12,16-21,25-30,33-34,36-37,39-41,45,51,54,72H,4-6,13-15,22-24,31-32,35,38,42-44,46-50,52-53,55-71H2,1-3H3/b10-7-,11-8-,12-9-,19-16-,20-17-,21-18-,28-25-,29-26-,30-27-,34-33-,37-36-,40-39-,45-41-,54-51-. The lowest BCUT2D eigenvalue weighted by Gasteiger charge is -2.18. The Bertz CT molecular complexity index is 1860. The van der Waals surface area contributed by atoms with Gasteiger partial charge in [-0.15, -0.1) is 0 Å². The highest BCUT2D eigenvalue weighted by Gasteiger charge is 2.19. The predicted octanol–water partition coefficient (Wildman–Crippen LogP) is 22.7. The molecule has 0 spiro atoms. The molecule has 1 unspecified atom stereocenters. The van der Waals surface area contributed by atoms with E-state index in [0.717, 1.165) is 161 Å². The highest BCUT2D eigenvalue weighted by Crippen LogP contribution is 2.14. The Balaban J connectivity index is 4.47. The summed E-state index contributed by atoms with van der Waals surface area (Å²) in [6.07, 6.45) is 99.2. The Labute approximate surface area is 498 Å². The lowest BCUT2D eigenvalue weighted by Crippen LogP contribution is -2.30. The van der Waals surface area contributed by atoms with Crippen LogP contribution in [0.15, 0.2) is 170 Å². The number of hydrogen-bond donors (Lipinski definition) is 0. The number of carbonyl (C=O) groups excluding carboxylic acids is 3. The molecule has 0 aromatic heterocycles. The van der Waals surface area contributed by atoms with E-state index in [4.69, 9.17) is 14.2 Å². The molecule has 6 heteroatoms. The molecule has 6 nitrogen and oxygen atoms in total. The first-order valence-electron chi connectivity index (χ1n) is 32.6. The Morgan fingerprint density at radius 3 is 0.704 bits per heavy atom. The van der Waals surface area contributed by atoms with Crippen molar-refractivity contribution in [1.82, 2.24) is 0 Å². The predicted molar refractivity (Wildman–Crippen MR) is 352 cm³/mol. The highest BCUT2D eigenvalue weighted by atomic mass is 16.6. The van der Waals surface area contributed by atoms with E-state index < -0.39 is 6.10 Å². The fourth-order valence-electron chi connectivity index (χ4n) is 8.43. The van der Waals surface area contributed by atoms with Crippen molar-refractivity contribution < 1.29 is 28.6 Å². The topological polar surface area (TPSA) is 78.9 Å². The second-order valence-corrected chi connectivity index (χ2v) is 20.9. The van der Waals surface area contributed by atoms with Gasteiger partial charge in [-0.25, -0.2) is 0 Å². The van der Waals surface area contributed by atoms with Crippen molar-refractivity contribution in [2.75, 3.05) is 13.2 Å². The number of esters is 3. The molecule has 0 bridgehead atoms. The molecular formula is C75H118O6. The van der Waals surface area contributed by atoms with Crippen LogP contribution in [0.3, 0.4) is 0 Å². The van der Waals surface area contributed by atoms with Crippen LogP contribution >= 0.6 is 0 Å². The number of hydrogen-bond acceptors (Lipinski definition) is 6. The number of carbonyl (C=O) groups is 3. The number of allylic oxidation sites excluding steroid dienone is 28. The Kier molecular flexibility index (Phi) is 62.9. The van der Waals surface area contributed by atoms with E-state index in [0.29, 0.717) is 19.3 Å². The van der Waals surface area contributed by atoms with E-state index in [1.807, 2.05) is 0 Å². The molecule has 0 saturated carbocycles. The molecule has 454 valence electrons. The van der Waals surface area contributed by atoms with Crippen LogP contribution in [0.2, 0.25) is 0 Å². The number of unbranched alkanes of at least 4 members (excludes halogenated alkanes) is 18. The van der Waals surface area contributed by atoms with E-state index in [9.17, 15) is 14.4 Å². The molecule has 0 fully saturated rings. The summed E-state index contributed by atoms with van der Waals surface area (Å²) < 4.78 is 16.9. The van der Waals surface area contributed by atoms with Gasteiger partial charge in [0.25, 0.3) is 0 Å². The van der Waals surface area contributed by atoms with Crippen LogP contribution in [0.25, 0.3) is 0 Å². The average molecular weight is 1120 g/mol. The lowest BCUT2D eigenvalue weighted by atomic mass is 10.1. The average Bonchev–Trinajstić information content (AvgIpc) is 3.47. The van der Waals surface area contributed by atoms with E-state index in [1.54, 1.807) is 0 Å². The van der Waals surface area contributed by atoms with E-state index in [-0.39, 0.29) is 37.5 Å². The van der Waals surface area contributed by atoms with Crippen LogP contribution in [-0.2, 0) is 28.6 Å². The van der Waals surface area contributed by atoms with Gasteiger partial charge in [-0.1, -0.05) is 268 Å². The summed E-state index contributed by atoms with van der Waals surface area (Å²) in [5.74, 6) is -0.960. The molecule has 0 saturated heterocycles. The molecule has 81 heavy (non-hydrogen) atoms. The summed E-state index contributed by atoms with van der Waals surface area (Å²) in [6.45, 7) is 6.26. The third-order valence-electron chi connectivity index (χ3n) is 13.2. The smallest absolute Gasteiger partial charge is 0.306 e. The molecule has 0 amide bonds. The van der Waals surface area contributed by atoms with Crippen LogP contribution in [0.5, 0.6) is 0 Å². The zero-order valence-corrected chi connectivity index (χ0v) is 52.0. The van der Waals surface area contributed by atoms with Crippen LogP contribution < -0.4 is 0 Å². The third kappa shape index (κ3) is 65.5. The van der Waals surface area contributed by atoms with Gasteiger partial charge in [0.1, 0.15) is 13.2 Å². The van der Waals surface area contributed by atoms with Gasteiger partial charge in [-0.3, -0.25) is 14.4 Å². The molecule has 0 rings (SSSR count). The minimum Gasteiger partial charge on any atom is -0.462 e. The highest BCUT2D eigenvalue weighted by molar-refractivity contribution is 5.71. The molecule has 0 aromatic carbocycles. The van der Waals surface area contributed by atoms with Gasteiger partial charge in [-0.05, 0) is 148 Å². The van der Waals surface area contributed by atoms with Gasteiger partial charge < -0.3 is 14.2 Å². The van der Waals surface area contributed by atoms with Crippen molar-refractivity contribution in [2.45, 2.75) is 271 Å². The van der Waals surface area contributed by atoms with Crippen molar-refractivity contribution in [2.24, 2.45) is 0 Å². The first-order valence-corrected chi connectivity index (χ1v) is 32.6. The first kappa shape index (κ1) is 75.8. The van der Waals surface area contributed by atoms with Crippen molar-refractivity contribution in [3.8, 4) is 0 Å². The van der Waals surface area contributed by atoms with Crippen LogP contribution in [-0.4, -0.2) is 37.2 Å². The van der Waals surface area contributed by atoms with Crippen LogP contribution in [0.4, 0.5) is 0 Å². The van der Waals surface area contributed by atoms with Gasteiger partial charge >= 0.3 is 17.9 Å². The number of rotatable bonds is 57. The third-order valence-corrected chi connectivity index (χ3v) is 13.2. The van der Waals surface area contributed by atoms with Gasteiger partial charge in [0.2, 0.25) is 0 Å². The first-order chi connectivity index (χ1) is 40.0. The largest absolute Gasteiger partial charge is 0.462 e. The van der Waals surface area contributed by atoms with Gasteiger partial charge in [0.15, 0.2) is 6.10 Å². The maximum atomic E-state index is 12.9. The van der Waals surface area contributed by atoms with Crippen LogP contribution in [0, 0.1) is 0 Å². The molecule has 0 aliphatic rings. The van der Waals surface area contributed by atoms with E-state index in [2.05, 4.69) is 191 Å². The maximum absolute atomic E-state index is 12.9. The molecule has 0 aromatic rings. The monoisotopic (exact) mass is 1110 g/mol. The Hall–Kier alpha value is -5.23. The van der Waals surface area contributed by atoms with E-state index >= 15 is 0 Å². The lowest BCUT2D eigenvalue weighted by molar-refractivity contribution is -0.167. The normalized spacial score (nSPS) is 13.3. The second kappa shape index (κ2) is 67.3. The zero-order valence-electron chi connectivity index (χ0n) is 52.0. The summed E-state index contributed by atoms with van der Waals surface area (Å²) >= 11 is 0. The SMILES string of the molecule is CC/C=C\C/C=C\C/C=C\C/C=C\C/C=C\C/C=C\CCCCCCCCCCC(=O)OCC(COC(=O)CCCCCCCCC/C=C\C/C=C\C/C=C\CC)OC(=O)CCCCC/C=C\C/C=C\C/C=C\C/C=C\C/C=C\CC. The molecule has 0 N–H and O–H groups in total. The fourth-order valence-corrected chi connectivity index (χ4v) is 8.43.